The van der Waals surface area contributed by atoms with Crippen LogP contribution < -0.4 is 5.56 Å². The molecule has 0 atom stereocenters. The fourth-order valence-corrected chi connectivity index (χ4v) is 5.60. The molecule has 0 saturated heterocycles. The van der Waals surface area contributed by atoms with Crippen LogP contribution in [0.4, 0.5) is 10.1 Å². The Morgan fingerprint density at radius 3 is 2.04 bits per heavy atom. The molecule has 0 radical (unpaired) electrons. The predicted molar refractivity (Wildman–Crippen MR) is 214 cm³/mol. The highest BCUT2D eigenvalue weighted by Crippen LogP contribution is 2.29. The Labute approximate surface area is 340 Å². The maximum atomic E-state index is 12.8. The van der Waals surface area contributed by atoms with Gasteiger partial charge in [-0.15, -0.1) is 0 Å². The van der Waals surface area contributed by atoms with Gasteiger partial charge in [0.1, 0.15) is 0 Å². The van der Waals surface area contributed by atoms with Crippen molar-refractivity contribution in [2.24, 2.45) is 0 Å². The number of hydrogen-bond donors (Lipinski definition) is 5. The molecule has 296 valence electrons. The highest BCUT2D eigenvalue weighted by atomic mass is 79.9. The molecule has 0 saturated carbocycles. The van der Waals surface area contributed by atoms with E-state index in [-0.39, 0.29) is 44.1 Å². The lowest BCUT2D eigenvalue weighted by Gasteiger charge is -2.04. The molecule has 0 bridgehead atoms. The second-order valence-electron chi connectivity index (χ2n) is 11.8. The first-order chi connectivity index (χ1) is 26.9. The van der Waals surface area contributed by atoms with Crippen molar-refractivity contribution in [2.75, 3.05) is 0 Å². The van der Waals surface area contributed by atoms with Gasteiger partial charge in [-0.3, -0.25) is 24.5 Å². The SMILES string of the molecule is Cc1ccc(CCCC(=O)O)cc1.O=C(O)Cc1ccc([N+](=O)[O-])c2ccccc12.O=C(O)c1cccc(Br)c1F.O=C(O)c1nc2cc(Cl)c(Cl)cc2[nH]c1=O. The molecule has 5 aromatic carbocycles. The number of halogens is 4. The van der Waals surface area contributed by atoms with Crippen LogP contribution in [0.1, 0.15) is 50.4 Å². The summed E-state index contributed by atoms with van der Waals surface area (Å²) in [6.45, 7) is 2.04. The van der Waals surface area contributed by atoms with Gasteiger partial charge in [0.05, 0.1) is 47.8 Å². The number of nitrogens with one attached hydrogen (secondary N) is 1. The number of hydrogen-bond acceptors (Lipinski definition) is 8. The average Bonchev–Trinajstić information content (AvgIpc) is 3.14. The number of aromatic amines is 1. The number of benzene rings is 5. The number of nitrogens with zero attached hydrogens (tertiary/aromatic N) is 2. The molecular weight excluding hydrogens is 856 g/mol. The van der Waals surface area contributed by atoms with Crippen LogP contribution >= 0.6 is 39.1 Å². The number of H-pyrrole nitrogens is 1. The zero-order valence-corrected chi connectivity index (χ0v) is 32.6. The fourth-order valence-electron chi connectivity index (χ4n) is 4.92. The minimum absolute atomic E-state index is 0.00487. The highest BCUT2D eigenvalue weighted by molar-refractivity contribution is 9.10. The summed E-state index contributed by atoms with van der Waals surface area (Å²) in [7, 11) is 0. The summed E-state index contributed by atoms with van der Waals surface area (Å²) in [6.07, 6.45) is 1.69. The Kier molecular flexibility index (Phi) is 16.8. The molecule has 14 nitrogen and oxygen atoms in total. The normalized spacial score (nSPS) is 10.2. The quantitative estimate of drug-likeness (QED) is 0.0675. The number of aromatic carboxylic acids is 2. The minimum Gasteiger partial charge on any atom is -0.481 e. The van der Waals surface area contributed by atoms with Crippen molar-refractivity contribution < 1.29 is 48.9 Å². The summed E-state index contributed by atoms with van der Waals surface area (Å²) in [4.78, 5) is 69.7. The molecule has 6 aromatic rings. The third kappa shape index (κ3) is 13.5. The summed E-state index contributed by atoms with van der Waals surface area (Å²) in [6, 6.07) is 24.7. The number of fused-ring (bicyclic) bond motifs is 2. The highest BCUT2D eigenvalue weighted by Gasteiger charge is 2.16. The molecular formula is C39H31BrCl2FN3O11. The van der Waals surface area contributed by atoms with E-state index >= 15 is 0 Å². The lowest BCUT2D eigenvalue weighted by molar-refractivity contribution is -0.383. The van der Waals surface area contributed by atoms with Gasteiger partial charge in [0.15, 0.2) is 5.82 Å². The number of aryl methyl sites for hydroxylation is 2. The third-order valence-corrected chi connectivity index (χ3v) is 8.96. The largest absolute Gasteiger partial charge is 0.481 e. The number of non-ortho nitro benzene ring substituents is 1. The number of carbonyl (C=O) groups is 4. The molecule has 0 amide bonds. The Hall–Kier alpha value is -6.23. The molecule has 6 rings (SSSR count). The van der Waals surface area contributed by atoms with Crippen LogP contribution in [0.3, 0.4) is 0 Å². The topological polar surface area (TPSA) is 238 Å². The maximum Gasteiger partial charge on any atom is 0.360 e. The van der Waals surface area contributed by atoms with Crippen molar-refractivity contribution in [3.8, 4) is 0 Å². The number of nitro benzene ring substituents is 1. The van der Waals surface area contributed by atoms with Crippen LogP contribution in [0.15, 0.2) is 100 Å². The summed E-state index contributed by atoms with van der Waals surface area (Å²) in [5.41, 5.74) is 1.96. The minimum atomic E-state index is -1.39. The zero-order valence-electron chi connectivity index (χ0n) is 29.5. The Balaban J connectivity index is 0.000000206. The van der Waals surface area contributed by atoms with E-state index in [2.05, 4.69) is 50.2 Å². The monoisotopic (exact) mass is 885 g/mol. The summed E-state index contributed by atoms with van der Waals surface area (Å²) < 4.78 is 13.0. The Bertz CT molecular complexity index is 2520. The van der Waals surface area contributed by atoms with E-state index in [9.17, 15) is 38.5 Å². The molecule has 0 aliphatic rings. The van der Waals surface area contributed by atoms with Gasteiger partial charge >= 0.3 is 23.9 Å². The van der Waals surface area contributed by atoms with E-state index < -0.39 is 45.9 Å². The second-order valence-corrected chi connectivity index (χ2v) is 13.4. The Morgan fingerprint density at radius 2 is 1.47 bits per heavy atom. The van der Waals surface area contributed by atoms with Gasteiger partial charge in [-0.1, -0.05) is 83.4 Å². The van der Waals surface area contributed by atoms with Crippen LogP contribution in [0.25, 0.3) is 21.8 Å². The first kappa shape index (κ1) is 45.2. The Morgan fingerprint density at radius 1 is 0.842 bits per heavy atom. The predicted octanol–water partition coefficient (Wildman–Crippen LogP) is 8.99. The van der Waals surface area contributed by atoms with E-state index in [1.807, 2.05) is 6.92 Å². The smallest absolute Gasteiger partial charge is 0.360 e. The molecule has 18 heteroatoms. The number of rotatable bonds is 9. The van der Waals surface area contributed by atoms with E-state index in [1.54, 1.807) is 24.3 Å². The lowest BCUT2D eigenvalue weighted by Crippen LogP contribution is -2.19. The van der Waals surface area contributed by atoms with Gasteiger partial charge in [-0.05, 0) is 82.5 Å². The van der Waals surface area contributed by atoms with Crippen LogP contribution in [-0.2, 0) is 22.4 Å². The average molecular weight is 887 g/mol. The van der Waals surface area contributed by atoms with E-state index in [4.69, 9.17) is 43.6 Å². The molecule has 0 unspecified atom stereocenters. The second kappa shape index (κ2) is 21.2. The number of nitro groups is 1. The van der Waals surface area contributed by atoms with Crippen LogP contribution in [-0.4, -0.2) is 59.2 Å². The van der Waals surface area contributed by atoms with Gasteiger partial charge in [0.2, 0.25) is 5.69 Å². The van der Waals surface area contributed by atoms with Crippen LogP contribution in [0, 0.1) is 22.9 Å². The van der Waals surface area contributed by atoms with Gasteiger partial charge in [-0.25, -0.2) is 19.0 Å². The maximum absolute atomic E-state index is 12.8. The van der Waals surface area contributed by atoms with Crippen LogP contribution in [0.5, 0.6) is 0 Å². The fraction of sp³-hybridized carbons (Fsp3) is 0.128. The van der Waals surface area contributed by atoms with Gasteiger partial charge in [0, 0.05) is 12.5 Å². The van der Waals surface area contributed by atoms with Gasteiger partial charge < -0.3 is 25.4 Å². The molecule has 0 fully saturated rings. The number of carboxylic acids is 4. The van der Waals surface area contributed by atoms with Crippen molar-refractivity contribution in [1.82, 2.24) is 9.97 Å². The van der Waals surface area contributed by atoms with Crippen molar-refractivity contribution in [1.29, 1.82) is 0 Å². The number of aliphatic carboxylic acids is 2. The number of carboxylic acid groups (broad SMARTS) is 4. The van der Waals surface area contributed by atoms with Gasteiger partial charge in [-0.2, -0.15) is 0 Å². The molecule has 1 aromatic heterocycles. The molecule has 0 spiro atoms. The van der Waals surface area contributed by atoms with Crippen molar-refractivity contribution in [2.45, 2.75) is 32.6 Å². The zero-order chi connectivity index (χ0) is 42.4. The summed E-state index contributed by atoms with van der Waals surface area (Å²) >= 11 is 14.4. The molecule has 1 heterocycles. The lowest BCUT2D eigenvalue weighted by atomic mass is 10.0. The first-order valence-corrected chi connectivity index (χ1v) is 17.9. The van der Waals surface area contributed by atoms with Crippen molar-refractivity contribution in [3.63, 3.8) is 0 Å². The van der Waals surface area contributed by atoms with Crippen molar-refractivity contribution >= 4 is 90.5 Å². The number of aromatic nitrogens is 2. The van der Waals surface area contributed by atoms with E-state index in [1.165, 1.54) is 53.6 Å². The van der Waals surface area contributed by atoms with Crippen LogP contribution in [0.2, 0.25) is 10.0 Å². The van der Waals surface area contributed by atoms with E-state index in [0.717, 1.165) is 12.8 Å². The van der Waals surface area contributed by atoms with E-state index in [0.29, 0.717) is 21.9 Å². The molecule has 0 aliphatic heterocycles. The third-order valence-electron chi connectivity index (χ3n) is 7.63. The van der Waals surface area contributed by atoms with Crippen molar-refractivity contribution in [3.05, 3.63) is 160 Å². The molecule has 5 N–H and O–H groups in total. The van der Waals surface area contributed by atoms with Gasteiger partial charge in [0.25, 0.3) is 11.2 Å². The molecule has 0 aliphatic carbocycles. The first-order valence-electron chi connectivity index (χ1n) is 16.3. The molecule has 57 heavy (non-hydrogen) atoms. The summed E-state index contributed by atoms with van der Waals surface area (Å²) in [5, 5.41) is 46.8. The summed E-state index contributed by atoms with van der Waals surface area (Å²) in [5.74, 6) is -5.06. The standard InChI is InChI=1S/C12H9NO4.C11H14O2.C9H4Cl2N2O3.C7H4BrFO2/c14-12(15)7-8-5-6-11(13(16)17)10-4-2-1-3-9(8)10;1-9-5-7-10(8-6-9)3-2-4-11(12)13;10-3-1-5-6(2-4(3)11)13-8(14)7(12-5)9(15)16;8-5-3-1-2-4(6(5)9)7(10)11/h1-6H,7H2,(H,14,15);5-8H,2-4H2,1H3,(H,12,13);1-2H,(H,13,14)(H,15,16);1-3H,(H,10,11).